The molecular weight excluding hydrogens is 204 g/mol. The summed E-state index contributed by atoms with van der Waals surface area (Å²) in [4.78, 5) is 18.2. The van der Waals surface area contributed by atoms with E-state index in [0.717, 1.165) is 43.1 Å². The van der Waals surface area contributed by atoms with Gasteiger partial charge in [-0.25, -0.2) is 4.98 Å². The summed E-state index contributed by atoms with van der Waals surface area (Å²) in [5, 5.41) is 6.15. The van der Waals surface area contributed by atoms with Crippen LogP contribution >= 0.6 is 0 Å². The lowest BCUT2D eigenvalue weighted by atomic mass is 10.1. The molecule has 0 spiro atoms. The van der Waals surface area contributed by atoms with Crippen LogP contribution in [0.2, 0.25) is 0 Å². The summed E-state index contributed by atoms with van der Waals surface area (Å²) in [5.74, 6) is 0.992. The second-order valence-corrected chi connectivity index (χ2v) is 4.08. The van der Waals surface area contributed by atoms with Crippen LogP contribution in [0.4, 0.5) is 5.82 Å². The van der Waals surface area contributed by atoms with Gasteiger partial charge in [-0.3, -0.25) is 4.79 Å². The number of nitrogens with one attached hydrogen (secondary N) is 2. The summed E-state index contributed by atoms with van der Waals surface area (Å²) in [5.41, 5.74) is 1.83. The molecule has 0 unspecified atom stereocenters. The molecule has 0 bridgehead atoms. The van der Waals surface area contributed by atoms with E-state index >= 15 is 0 Å². The normalized spacial score (nSPS) is 19.5. The van der Waals surface area contributed by atoms with E-state index in [4.69, 9.17) is 0 Å². The van der Waals surface area contributed by atoms with Crippen molar-refractivity contribution < 1.29 is 4.79 Å². The van der Waals surface area contributed by atoms with Gasteiger partial charge >= 0.3 is 0 Å². The van der Waals surface area contributed by atoms with Crippen LogP contribution in [0.25, 0.3) is 0 Å². The average molecular weight is 218 g/mol. The summed E-state index contributed by atoms with van der Waals surface area (Å²) in [6.45, 7) is 4.48. The van der Waals surface area contributed by atoms with Gasteiger partial charge in [0.2, 0.25) is 0 Å². The fraction of sp³-hybridized carbons (Fsp3) is 0.455. The molecule has 1 aromatic rings. The molecule has 5 heteroatoms. The summed E-state index contributed by atoms with van der Waals surface area (Å²) in [6.07, 6.45) is 1.72. The van der Waals surface area contributed by atoms with E-state index in [1.165, 1.54) is 0 Å². The molecule has 1 saturated heterocycles. The van der Waals surface area contributed by atoms with Crippen molar-refractivity contribution in [3.8, 4) is 0 Å². The summed E-state index contributed by atoms with van der Waals surface area (Å²) in [6, 6.07) is 1.80. The van der Waals surface area contributed by atoms with Crippen molar-refractivity contribution in [2.75, 3.05) is 31.1 Å². The maximum Gasteiger partial charge on any atom is 0.252 e. The maximum atomic E-state index is 11.5. The van der Waals surface area contributed by atoms with Crippen LogP contribution in [0.3, 0.4) is 0 Å². The van der Waals surface area contributed by atoms with Gasteiger partial charge in [0.05, 0.1) is 0 Å². The molecule has 16 heavy (non-hydrogen) atoms. The molecule has 2 N–H and O–H groups in total. The van der Waals surface area contributed by atoms with Gasteiger partial charge < -0.3 is 15.5 Å². The van der Waals surface area contributed by atoms with Crippen LogP contribution in [0.5, 0.6) is 0 Å². The number of hydrogen-bond donors (Lipinski definition) is 2. The number of nitrogens with zero attached hydrogens (tertiary/aromatic N) is 2. The minimum Gasteiger partial charge on any atom is -0.354 e. The Morgan fingerprint density at radius 1 is 1.31 bits per heavy atom. The van der Waals surface area contributed by atoms with Gasteiger partial charge in [-0.1, -0.05) is 0 Å². The Bertz CT molecular complexity index is 426. The van der Waals surface area contributed by atoms with Gasteiger partial charge in [0, 0.05) is 50.0 Å². The number of rotatable bonds is 1. The van der Waals surface area contributed by atoms with E-state index in [1.54, 1.807) is 12.3 Å². The topological polar surface area (TPSA) is 57.3 Å². The zero-order chi connectivity index (χ0) is 11.0. The first kappa shape index (κ1) is 9.59. The lowest BCUT2D eigenvalue weighted by Gasteiger charge is -2.29. The van der Waals surface area contributed by atoms with Crippen molar-refractivity contribution in [2.45, 2.75) is 6.54 Å². The van der Waals surface area contributed by atoms with Crippen molar-refractivity contribution in [3.05, 3.63) is 23.4 Å². The molecule has 1 amide bonds. The van der Waals surface area contributed by atoms with Gasteiger partial charge in [-0.15, -0.1) is 0 Å². The first-order valence-corrected chi connectivity index (χ1v) is 5.58. The standard InChI is InChI=1S/C11H14N4O/c16-11-8-1-2-13-10(9(8)7-14-11)15-5-3-12-4-6-15/h1-2,12H,3-7H2,(H,14,16). The third kappa shape index (κ3) is 1.44. The van der Waals surface area contributed by atoms with Crippen LogP contribution in [0, 0.1) is 0 Å². The number of aromatic nitrogens is 1. The predicted molar refractivity (Wildman–Crippen MR) is 60.5 cm³/mol. The molecule has 5 nitrogen and oxygen atoms in total. The Labute approximate surface area is 93.9 Å². The molecule has 0 saturated carbocycles. The zero-order valence-corrected chi connectivity index (χ0v) is 8.99. The molecular formula is C11H14N4O. The highest BCUT2D eigenvalue weighted by Gasteiger charge is 2.25. The highest BCUT2D eigenvalue weighted by atomic mass is 16.1. The van der Waals surface area contributed by atoms with Crippen molar-refractivity contribution in [1.82, 2.24) is 15.6 Å². The fourth-order valence-corrected chi connectivity index (χ4v) is 2.28. The van der Waals surface area contributed by atoms with Gasteiger partial charge in [-0.05, 0) is 6.07 Å². The lowest BCUT2D eigenvalue weighted by molar-refractivity contribution is 0.0965. The molecule has 1 fully saturated rings. The second-order valence-electron chi connectivity index (χ2n) is 4.08. The number of amides is 1. The van der Waals surface area contributed by atoms with E-state index in [0.29, 0.717) is 6.54 Å². The quantitative estimate of drug-likeness (QED) is 0.681. The van der Waals surface area contributed by atoms with Crippen LogP contribution < -0.4 is 15.5 Å². The number of piperazine rings is 1. The Hall–Kier alpha value is -1.62. The number of pyridine rings is 1. The van der Waals surface area contributed by atoms with Gasteiger partial charge in [0.25, 0.3) is 5.91 Å². The van der Waals surface area contributed by atoms with E-state index in [1.807, 2.05) is 0 Å². The number of carbonyl (C=O) groups excluding carboxylic acids is 1. The third-order valence-corrected chi connectivity index (χ3v) is 3.12. The number of anilines is 1. The molecule has 2 aliphatic rings. The summed E-state index contributed by atoms with van der Waals surface area (Å²) < 4.78 is 0. The Morgan fingerprint density at radius 3 is 2.94 bits per heavy atom. The molecule has 1 aromatic heterocycles. The van der Waals surface area contributed by atoms with Crippen LogP contribution in [-0.4, -0.2) is 37.1 Å². The molecule has 3 rings (SSSR count). The predicted octanol–water partition coefficient (Wildman–Crippen LogP) is -0.265. The Kier molecular flexibility index (Phi) is 2.25. The van der Waals surface area contributed by atoms with Gasteiger partial charge in [0.15, 0.2) is 0 Å². The molecule has 2 aliphatic heterocycles. The van der Waals surface area contributed by atoms with Crippen molar-refractivity contribution in [3.63, 3.8) is 0 Å². The van der Waals surface area contributed by atoms with Crippen LogP contribution in [0.1, 0.15) is 15.9 Å². The SMILES string of the molecule is O=C1NCc2c1ccnc2N1CCNCC1. The lowest BCUT2D eigenvalue weighted by Crippen LogP contribution is -2.44. The van der Waals surface area contributed by atoms with E-state index in [2.05, 4.69) is 20.5 Å². The van der Waals surface area contributed by atoms with Crippen molar-refractivity contribution in [1.29, 1.82) is 0 Å². The number of hydrogen-bond acceptors (Lipinski definition) is 4. The molecule has 0 atom stereocenters. The molecule has 0 radical (unpaired) electrons. The van der Waals surface area contributed by atoms with E-state index in [9.17, 15) is 4.79 Å². The smallest absolute Gasteiger partial charge is 0.252 e. The average Bonchev–Trinajstić information content (AvgIpc) is 2.73. The van der Waals surface area contributed by atoms with Gasteiger partial charge in [-0.2, -0.15) is 0 Å². The first-order chi connectivity index (χ1) is 7.86. The molecule has 0 aromatic carbocycles. The first-order valence-electron chi connectivity index (χ1n) is 5.58. The number of carbonyl (C=O) groups is 1. The third-order valence-electron chi connectivity index (χ3n) is 3.12. The minimum absolute atomic E-state index is 0.0220. The van der Waals surface area contributed by atoms with Gasteiger partial charge in [0.1, 0.15) is 5.82 Å². The molecule has 0 aliphatic carbocycles. The van der Waals surface area contributed by atoms with Crippen LogP contribution in [-0.2, 0) is 6.54 Å². The molecule has 84 valence electrons. The van der Waals surface area contributed by atoms with Crippen molar-refractivity contribution in [2.24, 2.45) is 0 Å². The zero-order valence-electron chi connectivity index (χ0n) is 8.99. The van der Waals surface area contributed by atoms with E-state index in [-0.39, 0.29) is 5.91 Å². The molecule has 3 heterocycles. The fourth-order valence-electron chi connectivity index (χ4n) is 2.28. The minimum atomic E-state index is 0.0220. The Morgan fingerprint density at radius 2 is 2.12 bits per heavy atom. The van der Waals surface area contributed by atoms with Crippen molar-refractivity contribution >= 4 is 11.7 Å². The summed E-state index contributed by atoms with van der Waals surface area (Å²) in [7, 11) is 0. The highest BCUT2D eigenvalue weighted by Crippen LogP contribution is 2.25. The summed E-state index contributed by atoms with van der Waals surface area (Å²) >= 11 is 0. The van der Waals surface area contributed by atoms with Crippen LogP contribution in [0.15, 0.2) is 12.3 Å². The highest BCUT2D eigenvalue weighted by molar-refractivity contribution is 5.99. The maximum absolute atomic E-state index is 11.5. The second kappa shape index (κ2) is 3.75. The largest absolute Gasteiger partial charge is 0.354 e. The number of fused-ring (bicyclic) bond motifs is 1. The monoisotopic (exact) mass is 218 g/mol. The Balaban J connectivity index is 1.98. The van der Waals surface area contributed by atoms with E-state index < -0.39 is 0 Å².